The van der Waals surface area contributed by atoms with Crippen LogP contribution in [0.25, 0.3) is 0 Å². The Morgan fingerprint density at radius 3 is 2.40 bits per heavy atom. The molecule has 1 atom stereocenters. The third kappa shape index (κ3) is 2.92. The van der Waals surface area contributed by atoms with Gasteiger partial charge in [-0.3, -0.25) is 0 Å². The molecule has 1 aliphatic heterocycles. The molecule has 0 amide bonds. The number of halogens is 5. The molecule has 1 fully saturated rings. The average molecular weight is 292 g/mol. The van der Waals surface area contributed by atoms with Crippen LogP contribution in [0.2, 0.25) is 0 Å². The smallest absolute Gasteiger partial charge is 0.342 e. The number of rotatable bonds is 3. The van der Waals surface area contributed by atoms with E-state index in [0.29, 0.717) is 9.89 Å². The van der Waals surface area contributed by atoms with Crippen molar-refractivity contribution in [3.05, 3.63) is 10.8 Å². The summed E-state index contributed by atoms with van der Waals surface area (Å²) in [6, 6.07) is -3.84. The van der Waals surface area contributed by atoms with E-state index in [1.54, 1.807) is 0 Å². The molecule has 15 heavy (non-hydrogen) atoms. The molecule has 1 aliphatic rings. The van der Waals surface area contributed by atoms with Crippen LogP contribution in [0.1, 0.15) is 0 Å². The summed E-state index contributed by atoms with van der Waals surface area (Å²) < 4.78 is 57.2. The highest BCUT2D eigenvalue weighted by Gasteiger charge is 2.48. The Bertz CT molecular complexity index is 243. The summed E-state index contributed by atoms with van der Waals surface area (Å²) in [6.45, 7) is -0.0180. The van der Waals surface area contributed by atoms with Crippen LogP contribution in [-0.2, 0) is 4.74 Å². The molecule has 1 saturated heterocycles. The number of alkyl halides is 3. The topological polar surface area (TPSA) is 12.5 Å². The van der Waals surface area contributed by atoms with Crippen LogP contribution in [0.5, 0.6) is 0 Å². The van der Waals surface area contributed by atoms with E-state index in [1.807, 2.05) is 0 Å². The number of hydrogen-bond donors (Lipinski definition) is 0. The second-order valence-electron chi connectivity index (χ2n) is 3.04. The highest BCUT2D eigenvalue weighted by molar-refractivity contribution is 9.11. The predicted octanol–water partition coefficient (Wildman–Crippen LogP) is 2.46. The summed E-state index contributed by atoms with van der Waals surface area (Å²) in [6.07, 6.45) is -2.95. The van der Waals surface area contributed by atoms with E-state index in [4.69, 9.17) is 4.74 Å². The standard InChI is InChI=1S/C8H10BrF4NO/c9-5-6(10)7(11)8(12,13)14-1-3-15-4-2-14/h5,7H,1-4H2/b6-5-. The van der Waals surface area contributed by atoms with Gasteiger partial charge in [0.25, 0.3) is 0 Å². The lowest BCUT2D eigenvalue weighted by Gasteiger charge is -2.34. The van der Waals surface area contributed by atoms with Gasteiger partial charge in [-0.2, -0.15) is 8.78 Å². The fourth-order valence-corrected chi connectivity index (χ4v) is 1.48. The van der Waals surface area contributed by atoms with Crippen molar-refractivity contribution < 1.29 is 22.3 Å². The van der Waals surface area contributed by atoms with E-state index in [0.717, 1.165) is 0 Å². The molecule has 0 aromatic heterocycles. The molecule has 0 aromatic rings. The first-order valence-corrected chi connectivity index (χ1v) is 5.22. The Labute approximate surface area is 93.0 Å². The summed E-state index contributed by atoms with van der Waals surface area (Å²) in [4.78, 5) is 1.10. The molecule has 0 aliphatic carbocycles. The van der Waals surface area contributed by atoms with Gasteiger partial charge in [0.2, 0.25) is 6.17 Å². The number of hydrogen-bond acceptors (Lipinski definition) is 2. The number of morpholine rings is 1. The van der Waals surface area contributed by atoms with Gasteiger partial charge in [-0.05, 0) is 0 Å². The van der Waals surface area contributed by atoms with Crippen molar-refractivity contribution in [3.63, 3.8) is 0 Å². The molecule has 1 heterocycles. The minimum Gasteiger partial charge on any atom is -0.379 e. The van der Waals surface area contributed by atoms with Crippen LogP contribution < -0.4 is 0 Å². The first-order valence-electron chi connectivity index (χ1n) is 4.30. The molecular weight excluding hydrogens is 282 g/mol. The summed E-state index contributed by atoms with van der Waals surface area (Å²) in [5.74, 6) is -1.52. The summed E-state index contributed by atoms with van der Waals surface area (Å²) in [7, 11) is 0. The molecule has 0 radical (unpaired) electrons. The SMILES string of the molecule is F/C(=C\Br)C(F)C(F)(F)N1CCOCC1. The van der Waals surface area contributed by atoms with Crippen molar-refractivity contribution in [3.8, 4) is 0 Å². The van der Waals surface area contributed by atoms with Crippen molar-refractivity contribution in [2.75, 3.05) is 26.3 Å². The lowest BCUT2D eigenvalue weighted by Crippen LogP contribution is -2.53. The molecule has 0 aromatic carbocycles. The van der Waals surface area contributed by atoms with Gasteiger partial charge in [0.15, 0.2) is 0 Å². The fourth-order valence-electron chi connectivity index (χ4n) is 1.24. The van der Waals surface area contributed by atoms with Crippen LogP contribution in [0.4, 0.5) is 17.6 Å². The maximum Gasteiger partial charge on any atom is 0.342 e. The van der Waals surface area contributed by atoms with Gasteiger partial charge in [0, 0.05) is 18.1 Å². The normalized spacial score (nSPS) is 22.9. The minimum atomic E-state index is -3.84. The molecule has 0 spiro atoms. The van der Waals surface area contributed by atoms with Crippen LogP contribution >= 0.6 is 15.9 Å². The molecule has 0 saturated carbocycles. The monoisotopic (exact) mass is 291 g/mol. The van der Waals surface area contributed by atoms with Crippen LogP contribution in [0.3, 0.4) is 0 Å². The van der Waals surface area contributed by atoms with E-state index in [9.17, 15) is 17.6 Å². The maximum atomic E-state index is 13.3. The van der Waals surface area contributed by atoms with Gasteiger partial charge < -0.3 is 4.74 Å². The van der Waals surface area contributed by atoms with Gasteiger partial charge in [0.1, 0.15) is 5.83 Å². The first-order chi connectivity index (χ1) is 7.00. The van der Waals surface area contributed by atoms with Crippen molar-refractivity contribution in [2.24, 2.45) is 0 Å². The molecule has 7 heteroatoms. The number of nitrogens with zero attached hydrogens (tertiary/aromatic N) is 1. The fraction of sp³-hybridized carbons (Fsp3) is 0.750. The lowest BCUT2D eigenvalue weighted by molar-refractivity contribution is -0.204. The molecule has 0 N–H and O–H groups in total. The molecule has 88 valence electrons. The lowest BCUT2D eigenvalue weighted by atomic mass is 10.2. The predicted molar refractivity (Wildman–Crippen MR) is 50.4 cm³/mol. The zero-order valence-corrected chi connectivity index (χ0v) is 9.31. The molecular formula is C8H10BrF4NO. The molecule has 1 rings (SSSR count). The second-order valence-corrected chi connectivity index (χ2v) is 3.50. The van der Waals surface area contributed by atoms with E-state index < -0.39 is 18.0 Å². The van der Waals surface area contributed by atoms with Gasteiger partial charge in [-0.1, -0.05) is 15.9 Å². The van der Waals surface area contributed by atoms with Crippen molar-refractivity contribution in [1.29, 1.82) is 0 Å². The Hall–Kier alpha value is -0.140. The highest BCUT2D eigenvalue weighted by atomic mass is 79.9. The van der Waals surface area contributed by atoms with Crippen LogP contribution in [0.15, 0.2) is 10.8 Å². The molecule has 2 nitrogen and oxygen atoms in total. The zero-order valence-electron chi connectivity index (χ0n) is 7.73. The van der Waals surface area contributed by atoms with Crippen molar-refractivity contribution in [1.82, 2.24) is 4.90 Å². The summed E-state index contributed by atoms with van der Waals surface area (Å²) in [5, 5.41) is 0. The first kappa shape index (κ1) is 12.9. The Kier molecular flexibility index (Phi) is 4.54. The summed E-state index contributed by atoms with van der Waals surface area (Å²) in [5.41, 5.74) is 0. The highest BCUT2D eigenvalue weighted by Crippen LogP contribution is 2.32. The van der Waals surface area contributed by atoms with Gasteiger partial charge in [-0.25, -0.2) is 13.7 Å². The van der Waals surface area contributed by atoms with E-state index in [1.165, 1.54) is 0 Å². The van der Waals surface area contributed by atoms with Crippen LogP contribution in [0, 0.1) is 0 Å². The number of ether oxygens (including phenoxy) is 1. The largest absolute Gasteiger partial charge is 0.379 e. The van der Waals surface area contributed by atoms with E-state index >= 15 is 0 Å². The average Bonchev–Trinajstić information content (AvgIpc) is 2.28. The van der Waals surface area contributed by atoms with E-state index in [-0.39, 0.29) is 26.3 Å². The van der Waals surface area contributed by atoms with Crippen LogP contribution in [-0.4, -0.2) is 43.4 Å². The molecule has 0 bridgehead atoms. The zero-order chi connectivity index (χ0) is 11.5. The van der Waals surface area contributed by atoms with Gasteiger partial charge in [0.05, 0.1) is 13.2 Å². The Morgan fingerprint density at radius 1 is 1.40 bits per heavy atom. The third-order valence-corrected chi connectivity index (χ3v) is 2.52. The Morgan fingerprint density at radius 2 is 1.93 bits per heavy atom. The van der Waals surface area contributed by atoms with Crippen molar-refractivity contribution in [2.45, 2.75) is 12.2 Å². The van der Waals surface area contributed by atoms with Gasteiger partial charge in [-0.15, -0.1) is 0 Å². The third-order valence-electron chi connectivity index (χ3n) is 2.08. The van der Waals surface area contributed by atoms with Gasteiger partial charge >= 0.3 is 6.05 Å². The molecule has 1 unspecified atom stereocenters. The van der Waals surface area contributed by atoms with Crippen molar-refractivity contribution >= 4 is 15.9 Å². The maximum absolute atomic E-state index is 13.3. The van der Waals surface area contributed by atoms with E-state index in [2.05, 4.69) is 15.9 Å². The summed E-state index contributed by atoms with van der Waals surface area (Å²) >= 11 is 2.48. The Balaban J connectivity index is 2.71. The quantitative estimate of drug-likeness (QED) is 0.585. The minimum absolute atomic E-state index is 0.0992. The second kappa shape index (κ2) is 5.27.